The molecule has 0 N–H and O–H groups in total. The lowest BCUT2D eigenvalue weighted by Crippen LogP contribution is -2.48. The zero-order chi connectivity index (χ0) is 22.1. The number of hydrogen-bond donors (Lipinski definition) is 0. The van der Waals surface area contributed by atoms with Crippen LogP contribution in [0.25, 0.3) is 10.9 Å². The summed E-state index contributed by atoms with van der Waals surface area (Å²) in [6, 6.07) is 6.79. The number of aryl methyl sites for hydroxylation is 2. The fourth-order valence-electron chi connectivity index (χ4n) is 3.92. The quantitative estimate of drug-likeness (QED) is 0.652. The van der Waals surface area contributed by atoms with E-state index in [1.54, 1.807) is 17.9 Å². The van der Waals surface area contributed by atoms with Gasteiger partial charge in [0.05, 0.1) is 22.6 Å². The molecule has 1 aliphatic rings. The van der Waals surface area contributed by atoms with Gasteiger partial charge in [-0.15, -0.1) is 0 Å². The first-order valence-corrected chi connectivity index (χ1v) is 12.0. The van der Waals surface area contributed by atoms with Crippen molar-refractivity contribution in [1.82, 2.24) is 9.88 Å². The Labute approximate surface area is 177 Å². The van der Waals surface area contributed by atoms with Crippen molar-refractivity contribution < 1.29 is 22.7 Å². The molecule has 2 atom stereocenters. The lowest BCUT2D eigenvalue weighted by molar-refractivity contribution is -0.138. The van der Waals surface area contributed by atoms with Gasteiger partial charge in [-0.3, -0.25) is 9.78 Å². The minimum absolute atomic E-state index is 0.0372. The number of pyridine rings is 1. The minimum Gasteiger partial charge on any atom is -0.452 e. The third-order valence-corrected chi connectivity index (χ3v) is 7.34. The van der Waals surface area contributed by atoms with Crippen LogP contribution in [0.4, 0.5) is 0 Å². The number of fused-ring (bicyclic) bond motifs is 1. The van der Waals surface area contributed by atoms with Crippen molar-refractivity contribution >= 4 is 32.6 Å². The highest BCUT2D eigenvalue weighted by Gasteiger charge is 2.36. The van der Waals surface area contributed by atoms with Crippen molar-refractivity contribution in [1.29, 1.82) is 0 Å². The number of ether oxygens (including phenoxy) is 1. The molecule has 1 aromatic carbocycles. The summed E-state index contributed by atoms with van der Waals surface area (Å²) in [6.45, 7) is 7.13. The van der Waals surface area contributed by atoms with Crippen molar-refractivity contribution in [3.05, 3.63) is 41.1 Å². The van der Waals surface area contributed by atoms with Crippen LogP contribution in [0.5, 0.6) is 0 Å². The highest BCUT2D eigenvalue weighted by Crippen LogP contribution is 2.23. The molecule has 2 aromatic rings. The molecule has 1 saturated heterocycles. The Morgan fingerprint density at radius 3 is 2.63 bits per heavy atom. The van der Waals surface area contributed by atoms with Crippen LogP contribution in [-0.2, 0) is 19.4 Å². The molecule has 1 aliphatic heterocycles. The monoisotopic (exact) mass is 432 g/mol. The summed E-state index contributed by atoms with van der Waals surface area (Å²) < 4.78 is 29.1. The Morgan fingerprint density at radius 1 is 1.27 bits per heavy atom. The smallest absolute Gasteiger partial charge is 0.339 e. The number of sulfone groups is 1. The first kappa shape index (κ1) is 22.2. The van der Waals surface area contributed by atoms with Crippen molar-refractivity contribution in [2.75, 3.05) is 18.1 Å². The summed E-state index contributed by atoms with van der Waals surface area (Å²) >= 11 is 0. The van der Waals surface area contributed by atoms with Gasteiger partial charge in [0.1, 0.15) is 0 Å². The van der Waals surface area contributed by atoms with Gasteiger partial charge in [0.25, 0.3) is 5.91 Å². The molecule has 1 aromatic heterocycles. The Balaban J connectivity index is 1.78. The average molecular weight is 433 g/mol. The van der Waals surface area contributed by atoms with E-state index in [-0.39, 0.29) is 29.5 Å². The number of rotatable bonds is 6. The number of esters is 1. The van der Waals surface area contributed by atoms with E-state index in [0.717, 1.165) is 5.56 Å². The normalized spacial score (nSPS) is 18.9. The molecule has 1 fully saturated rings. The molecule has 2 unspecified atom stereocenters. The fourth-order valence-corrected chi connectivity index (χ4v) is 5.63. The molecule has 0 aliphatic carbocycles. The molecule has 3 rings (SSSR count). The maximum Gasteiger partial charge on any atom is 0.339 e. The molecular weight excluding hydrogens is 404 g/mol. The van der Waals surface area contributed by atoms with Crippen LogP contribution >= 0.6 is 0 Å². The molecule has 0 bridgehead atoms. The Hall–Kier alpha value is -2.48. The molecule has 2 heterocycles. The van der Waals surface area contributed by atoms with Crippen LogP contribution in [0.15, 0.2) is 24.3 Å². The van der Waals surface area contributed by atoms with Gasteiger partial charge in [-0.2, -0.15) is 0 Å². The second kappa shape index (κ2) is 8.71. The number of hydrogen-bond acceptors (Lipinski definition) is 6. The predicted octanol–water partition coefficient (Wildman–Crippen LogP) is 2.82. The van der Waals surface area contributed by atoms with E-state index in [2.05, 4.69) is 4.98 Å². The predicted molar refractivity (Wildman–Crippen MR) is 115 cm³/mol. The Bertz CT molecular complexity index is 1080. The van der Waals surface area contributed by atoms with Crippen LogP contribution in [0, 0.1) is 13.8 Å². The van der Waals surface area contributed by atoms with Crippen molar-refractivity contribution in [3.63, 3.8) is 0 Å². The molecule has 30 heavy (non-hydrogen) atoms. The SMILES string of the molecule is CCC(C)N(C(=O)COC(=O)c1cc(C)nc2ccc(C)cc12)C1CCS(=O)(=O)C1. The van der Waals surface area contributed by atoms with Gasteiger partial charge >= 0.3 is 5.97 Å². The van der Waals surface area contributed by atoms with Crippen LogP contribution in [0.1, 0.15) is 48.3 Å². The molecule has 7 nitrogen and oxygen atoms in total. The minimum atomic E-state index is -3.13. The summed E-state index contributed by atoms with van der Waals surface area (Å²) in [7, 11) is -3.13. The van der Waals surface area contributed by atoms with Gasteiger partial charge < -0.3 is 9.64 Å². The van der Waals surface area contributed by atoms with Gasteiger partial charge in [-0.05, 0) is 51.8 Å². The van der Waals surface area contributed by atoms with Crippen molar-refractivity contribution in [2.24, 2.45) is 0 Å². The average Bonchev–Trinajstić information content (AvgIpc) is 3.04. The summed E-state index contributed by atoms with van der Waals surface area (Å²) in [5.41, 5.74) is 2.73. The zero-order valence-corrected chi connectivity index (χ0v) is 18.7. The maximum atomic E-state index is 12.9. The topological polar surface area (TPSA) is 93.6 Å². The molecule has 1 amide bonds. The Morgan fingerprint density at radius 2 is 2.00 bits per heavy atom. The first-order valence-electron chi connectivity index (χ1n) is 10.2. The zero-order valence-electron chi connectivity index (χ0n) is 17.8. The van der Waals surface area contributed by atoms with E-state index in [1.807, 2.05) is 39.0 Å². The number of benzene rings is 1. The van der Waals surface area contributed by atoms with Gasteiger partial charge in [-0.25, -0.2) is 13.2 Å². The van der Waals surface area contributed by atoms with Gasteiger partial charge in [0.2, 0.25) is 0 Å². The second-order valence-electron chi connectivity index (χ2n) is 8.02. The van der Waals surface area contributed by atoms with Crippen LogP contribution in [0.2, 0.25) is 0 Å². The fraction of sp³-hybridized carbons (Fsp3) is 0.500. The maximum absolute atomic E-state index is 12.9. The lowest BCUT2D eigenvalue weighted by Gasteiger charge is -2.33. The molecule has 162 valence electrons. The molecule has 0 spiro atoms. The summed E-state index contributed by atoms with van der Waals surface area (Å²) in [4.78, 5) is 31.7. The van der Waals surface area contributed by atoms with E-state index < -0.39 is 22.4 Å². The molecular formula is C22H28N2O5S. The summed E-state index contributed by atoms with van der Waals surface area (Å²) in [5.74, 6) is -0.914. The number of amides is 1. The molecule has 8 heteroatoms. The van der Waals surface area contributed by atoms with Crippen molar-refractivity contribution in [2.45, 2.75) is 52.6 Å². The van der Waals surface area contributed by atoms with Crippen LogP contribution < -0.4 is 0 Å². The Kier molecular flexibility index (Phi) is 6.45. The highest BCUT2D eigenvalue weighted by molar-refractivity contribution is 7.91. The van der Waals surface area contributed by atoms with E-state index in [0.29, 0.717) is 35.0 Å². The first-order chi connectivity index (χ1) is 14.1. The number of aromatic nitrogens is 1. The van der Waals surface area contributed by atoms with Gasteiger partial charge in [0, 0.05) is 23.2 Å². The van der Waals surface area contributed by atoms with Crippen LogP contribution in [0.3, 0.4) is 0 Å². The third kappa shape index (κ3) is 4.80. The van der Waals surface area contributed by atoms with Crippen molar-refractivity contribution in [3.8, 4) is 0 Å². The standard InChI is InChI=1S/C22H28N2O5S/c1-5-16(4)24(17-8-9-30(27,28)13-17)21(25)12-29-22(26)19-11-15(3)23-20-7-6-14(2)10-18(19)20/h6-7,10-11,16-17H,5,8-9,12-13H2,1-4H3. The van der Waals surface area contributed by atoms with E-state index in [9.17, 15) is 18.0 Å². The molecule has 0 saturated carbocycles. The number of nitrogens with zero attached hydrogens (tertiary/aromatic N) is 2. The lowest BCUT2D eigenvalue weighted by atomic mass is 10.1. The largest absolute Gasteiger partial charge is 0.452 e. The van der Waals surface area contributed by atoms with Gasteiger partial charge in [0.15, 0.2) is 16.4 Å². The molecule has 0 radical (unpaired) electrons. The highest BCUT2D eigenvalue weighted by atomic mass is 32.2. The van der Waals surface area contributed by atoms with E-state index >= 15 is 0 Å². The summed E-state index contributed by atoms with van der Waals surface area (Å²) in [5, 5.41) is 0.679. The van der Waals surface area contributed by atoms with Crippen LogP contribution in [-0.4, -0.2) is 60.4 Å². The third-order valence-electron chi connectivity index (χ3n) is 5.59. The summed E-state index contributed by atoms with van der Waals surface area (Å²) in [6.07, 6.45) is 1.10. The van der Waals surface area contributed by atoms with Gasteiger partial charge in [-0.1, -0.05) is 18.6 Å². The number of carbonyl (C=O) groups is 2. The second-order valence-corrected chi connectivity index (χ2v) is 10.3. The van der Waals surface area contributed by atoms with E-state index in [4.69, 9.17) is 4.74 Å². The van der Waals surface area contributed by atoms with E-state index in [1.165, 1.54) is 0 Å². The number of carbonyl (C=O) groups excluding carboxylic acids is 2.